The number of rotatable bonds is 7. The molecule has 3 amide bonds. The van der Waals surface area contributed by atoms with E-state index in [-0.39, 0.29) is 30.2 Å². The van der Waals surface area contributed by atoms with Gasteiger partial charge in [0, 0.05) is 31.1 Å². The van der Waals surface area contributed by atoms with Crippen LogP contribution in [0, 0.1) is 5.92 Å². The van der Waals surface area contributed by atoms with Crippen molar-refractivity contribution >= 4 is 23.4 Å². The summed E-state index contributed by atoms with van der Waals surface area (Å²) in [6, 6.07) is 18.6. The summed E-state index contributed by atoms with van der Waals surface area (Å²) in [5.41, 5.74) is 1.78. The maximum absolute atomic E-state index is 12.9. The summed E-state index contributed by atoms with van der Waals surface area (Å²) in [6.45, 7) is 0.330. The van der Waals surface area contributed by atoms with Gasteiger partial charge in [-0.15, -0.1) is 0 Å². The monoisotopic (exact) mass is 391 g/mol. The molecule has 1 saturated carbocycles. The standard InChI is InChI=1S/C23H25N3O3/c27-21-14-17(15-26(21)19-9-5-2-6-10-19)22(28)25-20(23(29)24-18-11-12-18)13-16-7-3-1-4-8-16/h1-10,17-18,20H,11-15H2,(H,24,29)(H,25,28)/t17-,20-/m0/s1. The van der Waals surface area contributed by atoms with E-state index in [4.69, 9.17) is 0 Å². The average molecular weight is 391 g/mol. The predicted octanol–water partition coefficient (Wildman–Crippen LogP) is 2.05. The summed E-state index contributed by atoms with van der Waals surface area (Å²) in [5.74, 6) is -0.939. The zero-order valence-corrected chi connectivity index (χ0v) is 16.2. The zero-order valence-electron chi connectivity index (χ0n) is 16.2. The second kappa shape index (κ2) is 8.47. The Labute approximate surface area is 170 Å². The molecular formula is C23H25N3O3. The fourth-order valence-electron chi connectivity index (χ4n) is 3.62. The molecule has 4 rings (SSSR count). The van der Waals surface area contributed by atoms with Gasteiger partial charge in [0.05, 0.1) is 5.92 Å². The van der Waals surface area contributed by atoms with Gasteiger partial charge in [-0.1, -0.05) is 48.5 Å². The molecule has 2 fully saturated rings. The zero-order chi connectivity index (χ0) is 20.2. The van der Waals surface area contributed by atoms with Gasteiger partial charge in [0.2, 0.25) is 17.7 Å². The molecule has 0 unspecified atom stereocenters. The Bertz CT molecular complexity index is 881. The minimum atomic E-state index is -0.647. The van der Waals surface area contributed by atoms with E-state index in [2.05, 4.69) is 10.6 Å². The molecule has 0 radical (unpaired) electrons. The second-order valence-corrected chi connectivity index (χ2v) is 7.77. The number of benzene rings is 2. The van der Waals surface area contributed by atoms with Crippen molar-refractivity contribution in [2.75, 3.05) is 11.4 Å². The molecule has 29 heavy (non-hydrogen) atoms. The number of hydrogen-bond acceptors (Lipinski definition) is 3. The normalized spacial score (nSPS) is 19.7. The van der Waals surface area contributed by atoms with E-state index in [0.29, 0.717) is 13.0 Å². The SMILES string of the molecule is O=C(N[C@@H](Cc1ccccc1)C(=O)NC1CC1)[C@H]1CC(=O)N(c2ccccc2)C1. The van der Waals surface area contributed by atoms with E-state index in [1.54, 1.807) is 4.90 Å². The first-order valence-corrected chi connectivity index (χ1v) is 10.1. The summed E-state index contributed by atoms with van der Waals surface area (Å²) in [6.07, 6.45) is 2.55. The molecule has 2 aromatic rings. The van der Waals surface area contributed by atoms with Crippen LogP contribution < -0.4 is 15.5 Å². The Balaban J connectivity index is 1.43. The van der Waals surface area contributed by atoms with Gasteiger partial charge in [0.15, 0.2) is 0 Å². The lowest BCUT2D eigenvalue weighted by molar-refractivity contribution is -0.131. The van der Waals surface area contributed by atoms with E-state index < -0.39 is 12.0 Å². The second-order valence-electron chi connectivity index (χ2n) is 7.77. The Morgan fingerprint density at radius 2 is 1.66 bits per heavy atom. The van der Waals surface area contributed by atoms with Crippen LogP contribution >= 0.6 is 0 Å². The minimum absolute atomic E-state index is 0.0709. The van der Waals surface area contributed by atoms with Crippen LogP contribution in [0.25, 0.3) is 0 Å². The van der Waals surface area contributed by atoms with Crippen LogP contribution in [0.5, 0.6) is 0 Å². The molecule has 1 aliphatic heterocycles. The highest BCUT2D eigenvalue weighted by Crippen LogP contribution is 2.25. The van der Waals surface area contributed by atoms with Crippen molar-refractivity contribution < 1.29 is 14.4 Å². The summed E-state index contributed by atoms with van der Waals surface area (Å²) in [5, 5.41) is 5.89. The summed E-state index contributed by atoms with van der Waals surface area (Å²) in [4.78, 5) is 39.7. The van der Waals surface area contributed by atoms with Crippen LogP contribution in [0.4, 0.5) is 5.69 Å². The van der Waals surface area contributed by atoms with Gasteiger partial charge in [0.1, 0.15) is 6.04 Å². The van der Waals surface area contributed by atoms with Crippen molar-refractivity contribution in [3.8, 4) is 0 Å². The lowest BCUT2D eigenvalue weighted by Gasteiger charge is -2.21. The van der Waals surface area contributed by atoms with E-state index in [9.17, 15) is 14.4 Å². The predicted molar refractivity (Wildman–Crippen MR) is 110 cm³/mol. The highest BCUT2D eigenvalue weighted by atomic mass is 16.2. The van der Waals surface area contributed by atoms with Crippen LogP contribution in [-0.2, 0) is 20.8 Å². The number of nitrogens with zero attached hydrogens (tertiary/aromatic N) is 1. The van der Waals surface area contributed by atoms with E-state index in [1.807, 2.05) is 60.7 Å². The molecule has 1 saturated heterocycles. The number of carbonyl (C=O) groups excluding carboxylic acids is 3. The van der Waals surface area contributed by atoms with Gasteiger partial charge in [-0.3, -0.25) is 14.4 Å². The Morgan fingerprint density at radius 3 is 2.31 bits per heavy atom. The van der Waals surface area contributed by atoms with Crippen LogP contribution in [0.1, 0.15) is 24.8 Å². The molecule has 2 N–H and O–H groups in total. The fourth-order valence-corrected chi connectivity index (χ4v) is 3.62. The third-order valence-electron chi connectivity index (χ3n) is 5.40. The van der Waals surface area contributed by atoms with Crippen LogP contribution in [0.15, 0.2) is 60.7 Å². The molecule has 150 valence electrons. The molecule has 2 aromatic carbocycles. The molecule has 6 heteroatoms. The number of anilines is 1. The molecule has 1 heterocycles. The molecule has 0 bridgehead atoms. The number of carbonyl (C=O) groups is 3. The maximum Gasteiger partial charge on any atom is 0.243 e. The highest BCUT2D eigenvalue weighted by Gasteiger charge is 2.37. The van der Waals surface area contributed by atoms with Crippen molar-refractivity contribution in [3.63, 3.8) is 0 Å². The third-order valence-corrected chi connectivity index (χ3v) is 5.40. The van der Waals surface area contributed by atoms with E-state index >= 15 is 0 Å². The topological polar surface area (TPSA) is 78.5 Å². The Morgan fingerprint density at radius 1 is 1.00 bits per heavy atom. The maximum atomic E-state index is 12.9. The van der Waals surface area contributed by atoms with Gasteiger partial charge >= 0.3 is 0 Å². The molecule has 1 aliphatic carbocycles. The van der Waals surface area contributed by atoms with Gasteiger partial charge in [-0.2, -0.15) is 0 Å². The third kappa shape index (κ3) is 4.83. The molecule has 2 atom stereocenters. The summed E-state index contributed by atoms with van der Waals surface area (Å²) >= 11 is 0. The molecule has 2 aliphatic rings. The number of nitrogens with one attached hydrogen (secondary N) is 2. The number of para-hydroxylation sites is 1. The first-order chi connectivity index (χ1) is 14.1. The van der Waals surface area contributed by atoms with E-state index in [1.165, 1.54) is 0 Å². The highest BCUT2D eigenvalue weighted by molar-refractivity contribution is 6.01. The molecule has 0 spiro atoms. The van der Waals surface area contributed by atoms with Gasteiger partial charge in [-0.25, -0.2) is 0 Å². The first-order valence-electron chi connectivity index (χ1n) is 10.1. The summed E-state index contributed by atoms with van der Waals surface area (Å²) < 4.78 is 0. The smallest absolute Gasteiger partial charge is 0.243 e. The Hall–Kier alpha value is -3.15. The molecular weight excluding hydrogens is 366 g/mol. The lowest BCUT2D eigenvalue weighted by atomic mass is 10.0. The van der Waals surface area contributed by atoms with Crippen molar-refractivity contribution in [1.82, 2.24) is 10.6 Å². The largest absolute Gasteiger partial charge is 0.352 e. The van der Waals surface area contributed by atoms with Crippen LogP contribution in [0.2, 0.25) is 0 Å². The lowest BCUT2D eigenvalue weighted by Crippen LogP contribution is -2.50. The van der Waals surface area contributed by atoms with E-state index in [0.717, 1.165) is 24.1 Å². The average Bonchev–Trinajstić information content (AvgIpc) is 3.47. The summed E-state index contributed by atoms with van der Waals surface area (Å²) in [7, 11) is 0. The minimum Gasteiger partial charge on any atom is -0.352 e. The first kappa shape index (κ1) is 19.2. The molecule has 0 aromatic heterocycles. The number of amides is 3. The van der Waals surface area contributed by atoms with Gasteiger partial charge in [0.25, 0.3) is 0 Å². The van der Waals surface area contributed by atoms with Crippen molar-refractivity contribution in [3.05, 3.63) is 66.2 Å². The van der Waals surface area contributed by atoms with Crippen LogP contribution in [-0.4, -0.2) is 36.3 Å². The molecule has 6 nitrogen and oxygen atoms in total. The van der Waals surface area contributed by atoms with Crippen molar-refractivity contribution in [2.45, 2.75) is 37.8 Å². The van der Waals surface area contributed by atoms with Gasteiger partial charge in [-0.05, 0) is 30.5 Å². The fraction of sp³-hybridized carbons (Fsp3) is 0.348. The van der Waals surface area contributed by atoms with Gasteiger partial charge < -0.3 is 15.5 Å². The van der Waals surface area contributed by atoms with Crippen molar-refractivity contribution in [1.29, 1.82) is 0 Å². The van der Waals surface area contributed by atoms with Crippen molar-refractivity contribution in [2.24, 2.45) is 5.92 Å². The Kier molecular flexibility index (Phi) is 5.60. The quantitative estimate of drug-likeness (QED) is 0.758. The van der Waals surface area contributed by atoms with Crippen LogP contribution in [0.3, 0.4) is 0 Å². The number of hydrogen-bond donors (Lipinski definition) is 2.